The Morgan fingerprint density at radius 2 is 1.66 bits per heavy atom. The van der Waals surface area contributed by atoms with Gasteiger partial charge < -0.3 is 15.0 Å². The molecule has 1 saturated carbocycles. The molecule has 0 radical (unpaired) electrons. The van der Waals surface area contributed by atoms with E-state index in [-0.39, 0.29) is 24.5 Å². The second kappa shape index (κ2) is 13.6. The number of halogens is 1. The van der Waals surface area contributed by atoms with Gasteiger partial charge in [0, 0.05) is 23.5 Å². The lowest BCUT2D eigenvalue weighted by molar-refractivity contribution is -0.143. The van der Waals surface area contributed by atoms with Crippen molar-refractivity contribution in [3.8, 4) is 5.75 Å². The molecule has 1 N–H and O–H groups in total. The van der Waals surface area contributed by atoms with E-state index in [1.807, 2.05) is 86.6 Å². The lowest BCUT2D eigenvalue weighted by Gasteiger charge is -2.33. The summed E-state index contributed by atoms with van der Waals surface area (Å²) in [6.07, 6.45) is 5.87. The van der Waals surface area contributed by atoms with E-state index in [1.54, 1.807) is 4.90 Å². The van der Waals surface area contributed by atoms with Crippen LogP contribution in [0.2, 0.25) is 0 Å². The van der Waals surface area contributed by atoms with Gasteiger partial charge in [-0.25, -0.2) is 0 Å². The largest absolute Gasteiger partial charge is 0.483 e. The van der Waals surface area contributed by atoms with Gasteiger partial charge in [-0.1, -0.05) is 89.8 Å². The number of nitrogens with zero attached hydrogens (tertiary/aromatic N) is 1. The van der Waals surface area contributed by atoms with Crippen LogP contribution in [0.1, 0.15) is 54.4 Å². The number of carbonyl (C=O) groups is 2. The van der Waals surface area contributed by atoms with Gasteiger partial charge >= 0.3 is 0 Å². The zero-order valence-electron chi connectivity index (χ0n) is 22.3. The van der Waals surface area contributed by atoms with Crippen molar-refractivity contribution < 1.29 is 14.3 Å². The third-order valence-corrected chi connectivity index (χ3v) is 7.71. The molecule has 2 amide bonds. The fourth-order valence-corrected chi connectivity index (χ4v) is 5.23. The lowest BCUT2D eigenvalue weighted by Crippen LogP contribution is -2.53. The molecule has 1 aliphatic carbocycles. The number of benzene rings is 3. The zero-order valence-corrected chi connectivity index (χ0v) is 23.9. The molecule has 6 heteroatoms. The van der Waals surface area contributed by atoms with E-state index in [2.05, 4.69) is 21.2 Å². The Balaban J connectivity index is 1.62. The molecule has 0 spiro atoms. The highest BCUT2D eigenvalue weighted by Gasteiger charge is 2.32. The first-order valence-corrected chi connectivity index (χ1v) is 14.3. The Kier molecular flexibility index (Phi) is 9.99. The Hall–Kier alpha value is -3.12. The van der Waals surface area contributed by atoms with Crippen molar-refractivity contribution in [2.45, 2.75) is 71.0 Å². The highest BCUT2D eigenvalue weighted by Crippen LogP contribution is 2.22. The predicted molar refractivity (Wildman–Crippen MR) is 155 cm³/mol. The Morgan fingerprint density at radius 1 is 0.947 bits per heavy atom. The standard InChI is InChI=1S/C32H37BrN2O3/c1-23-13-14-24(2)30(19-23)38-22-31(36)35(21-26-15-17-27(33)18-16-26)29(20-25-9-5-3-6-10-25)32(37)34-28-11-7-4-8-12-28/h3,5-6,9-10,13-19,28-29H,4,7-8,11-12,20-22H2,1-2H3,(H,34,37)/t29-/m0/s1. The van der Waals surface area contributed by atoms with Gasteiger partial charge in [-0.15, -0.1) is 0 Å². The average molecular weight is 578 g/mol. The molecular formula is C32H37BrN2O3. The smallest absolute Gasteiger partial charge is 0.261 e. The fourth-order valence-electron chi connectivity index (χ4n) is 4.97. The van der Waals surface area contributed by atoms with Crippen LogP contribution >= 0.6 is 15.9 Å². The van der Waals surface area contributed by atoms with E-state index in [4.69, 9.17) is 4.74 Å². The molecule has 38 heavy (non-hydrogen) atoms. The SMILES string of the molecule is Cc1ccc(C)c(OCC(=O)N(Cc2ccc(Br)cc2)[C@@H](Cc2ccccc2)C(=O)NC2CCCCC2)c1. The summed E-state index contributed by atoms with van der Waals surface area (Å²) in [6.45, 7) is 4.15. The zero-order chi connectivity index (χ0) is 26.9. The molecule has 0 aromatic heterocycles. The second-order valence-corrected chi connectivity index (χ2v) is 11.2. The maximum absolute atomic E-state index is 13.8. The monoisotopic (exact) mass is 576 g/mol. The molecule has 200 valence electrons. The molecule has 5 nitrogen and oxygen atoms in total. The van der Waals surface area contributed by atoms with Crippen molar-refractivity contribution in [2.24, 2.45) is 0 Å². The first kappa shape index (κ1) is 27.9. The molecule has 0 bridgehead atoms. The second-order valence-electron chi connectivity index (χ2n) is 10.3. The van der Waals surface area contributed by atoms with E-state index < -0.39 is 6.04 Å². The summed E-state index contributed by atoms with van der Waals surface area (Å²) >= 11 is 3.49. The summed E-state index contributed by atoms with van der Waals surface area (Å²) in [5.74, 6) is 0.375. The molecule has 4 rings (SSSR count). The van der Waals surface area contributed by atoms with Gasteiger partial charge in [-0.3, -0.25) is 9.59 Å². The van der Waals surface area contributed by atoms with Crippen LogP contribution in [-0.4, -0.2) is 35.4 Å². The summed E-state index contributed by atoms with van der Waals surface area (Å²) in [4.78, 5) is 29.3. The topological polar surface area (TPSA) is 58.6 Å². The van der Waals surface area contributed by atoms with Crippen LogP contribution in [0.3, 0.4) is 0 Å². The number of hydrogen-bond acceptors (Lipinski definition) is 3. The minimum Gasteiger partial charge on any atom is -0.483 e. The molecule has 0 aliphatic heterocycles. The molecule has 0 saturated heterocycles. The number of aryl methyl sites for hydroxylation is 2. The van der Waals surface area contributed by atoms with E-state index >= 15 is 0 Å². The molecule has 0 heterocycles. The maximum Gasteiger partial charge on any atom is 0.261 e. The molecule has 1 fully saturated rings. The number of nitrogens with one attached hydrogen (secondary N) is 1. The maximum atomic E-state index is 13.8. The summed E-state index contributed by atoms with van der Waals surface area (Å²) < 4.78 is 6.98. The van der Waals surface area contributed by atoms with E-state index in [9.17, 15) is 9.59 Å². The number of ether oxygens (including phenoxy) is 1. The van der Waals surface area contributed by atoms with E-state index in [0.29, 0.717) is 18.7 Å². The summed E-state index contributed by atoms with van der Waals surface area (Å²) in [5, 5.41) is 3.28. The quantitative estimate of drug-likeness (QED) is 0.298. The van der Waals surface area contributed by atoms with Crippen LogP contribution < -0.4 is 10.1 Å². The van der Waals surface area contributed by atoms with Crippen LogP contribution in [-0.2, 0) is 22.6 Å². The predicted octanol–water partition coefficient (Wildman–Crippen LogP) is 6.53. The van der Waals surface area contributed by atoms with E-state index in [1.165, 1.54) is 6.42 Å². The minimum atomic E-state index is -0.655. The van der Waals surface area contributed by atoms with Crippen LogP contribution in [0.15, 0.2) is 77.3 Å². The van der Waals surface area contributed by atoms with Crippen molar-refractivity contribution in [2.75, 3.05) is 6.61 Å². The summed E-state index contributed by atoms with van der Waals surface area (Å²) in [7, 11) is 0. The number of amides is 2. The van der Waals surface area contributed by atoms with Gasteiger partial charge in [0.2, 0.25) is 5.91 Å². The van der Waals surface area contributed by atoms with Gasteiger partial charge in [0.15, 0.2) is 6.61 Å². The third kappa shape index (κ3) is 7.94. The average Bonchev–Trinajstić information content (AvgIpc) is 2.93. The van der Waals surface area contributed by atoms with Gasteiger partial charge in [0.25, 0.3) is 5.91 Å². The molecule has 1 atom stereocenters. The van der Waals surface area contributed by atoms with Gasteiger partial charge in [0.05, 0.1) is 0 Å². The van der Waals surface area contributed by atoms with Crippen molar-refractivity contribution in [1.29, 1.82) is 0 Å². The van der Waals surface area contributed by atoms with Crippen molar-refractivity contribution in [1.82, 2.24) is 10.2 Å². The molecule has 0 unspecified atom stereocenters. The molecular weight excluding hydrogens is 540 g/mol. The fraction of sp³-hybridized carbons (Fsp3) is 0.375. The molecule has 1 aliphatic rings. The van der Waals surface area contributed by atoms with Gasteiger partial charge in [0.1, 0.15) is 11.8 Å². The summed E-state index contributed by atoms with van der Waals surface area (Å²) in [5.41, 5.74) is 4.01. The molecule has 3 aromatic rings. The van der Waals surface area contributed by atoms with Crippen LogP contribution in [0.5, 0.6) is 5.75 Å². The lowest BCUT2D eigenvalue weighted by atomic mass is 9.94. The minimum absolute atomic E-state index is 0.0991. The first-order chi connectivity index (χ1) is 18.4. The van der Waals surface area contributed by atoms with E-state index in [0.717, 1.165) is 52.4 Å². The van der Waals surface area contributed by atoms with Crippen LogP contribution in [0, 0.1) is 13.8 Å². The highest BCUT2D eigenvalue weighted by atomic mass is 79.9. The normalized spacial score (nSPS) is 14.5. The van der Waals surface area contributed by atoms with Crippen LogP contribution in [0.25, 0.3) is 0 Å². The molecule has 3 aromatic carbocycles. The van der Waals surface area contributed by atoms with Crippen molar-refractivity contribution in [3.63, 3.8) is 0 Å². The first-order valence-electron chi connectivity index (χ1n) is 13.5. The Morgan fingerprint density at radius 3 is 2.37 bits per heavy atom. The highest BCUT2D eigenvalue weighted by molar-refractivity contribution is 9.10. The Bertz CT molecular complexity index is 1210. The van der Waals surface area contributed by atoms with Crippen molar-refractivity contribution >= 4 is 27.7 Å². The number of hydrogen-bond donors (Lipinski definition) is 1. The number of carbonyl (C=O) groups excluding carboxylic acids is 2. The summed E-state index contributed by atoms with van der Waals surface area (Å²) in [6, 6.07) is 23.3. The van der Waals surface area contributed by atoms with Gasteiger partial charge in [-0.2, -0.15) is 0 Å². The van der Waals surface area contributed by atoms with Crippen LogP contribution in [0.4, 0.5) is 0 Å². The third-order valence-electron chi connectivity index (χ3n) is 7.18. The van der Waals surface area contributed by atoms with Crippen molar-refractivity contribution in [3.05, 3.63) is 99.5 Å². The van der Waals surface area contributed by atoms with Gasteiger partial charge in [-0.05, 0) is 67.1 Å². The Labute approximate surface area is 234 Å². The number of rotatable bonds is 10.